The van der Waals surface area contributed by atoms with Crippen molar-refractivity contribution >= 4 is 6.03 Å². The van der Waals surface area contributed by atoms with Gasteiger partial charge in [0.15, 0.2) is 0 Å². The number of likely N-dealkylation sites (tertiary alicyclic amines) is 1. The zero-order valence-electron chi connectivity index (χ0n) is 11.5. The van der Waals surface area contributed by atoms with E-state index in [9.17, 15) is 4.79 Å². The maximum absolute atomic E-state index is 12.2. The van der Waals surface area contributed by atoms with E-state index in [-0.39, 0.29) is 6.03 Å². The Balaban J connectivity index is 1.76. The van der Waals surface area contributed by atoms with Crippen LogP contribution in [-0.2, 0) is 4.74 Å². The van der Waals surface area contributed by atoms with Gasteiger partial charge in [0.2, 0.25) is 0 Å². The van der Waals surface area contributed by atoms with E-state index in [0.717, 1.165) is 39.0 Å². The lowest BCUT2D eigenvalue weighted by Gasteiger charge is -2.34. The van der Waals surface area contributed by atoms with Crippen molar-refractivity contribution in [3.8, 4) is 0 Å². The van der Waals surface area contributed by atoms with Gasteiger partial charge in [-0.2, -0.15) is 0 Å². The van der Waals surface area contributed by atoms with Crippen LogP contribution >= 0.6 is 0 Å². The van der Waals surface area contributed by atoms with Crippen molar-refractivity contribution in [2.45, 2.75) is 51.0 Å². The largest absolute Gasteiger partial charge is 0.384 e. The average molecular weight is 254 g/mol. The molecule has 1 saturated heterocycles. The van der Waals surface area contributed by atoms with Gasteiger partial charge in [0.05, 0.1) is 6.61 Å². The summed E-state index contributed by atoms with van der Waals surface area (Å²) < 4.78 is 5.20. The van der Waals surface area contributed by atoms with E-state index in [1.54, 1.807) is 7.11 Å². The molecule has 1 aliphatic heterocycles. The molecule has 1 unspecified atom stereocenters. The number of carbonyl (C=O) groups is 1. The maximum atomic E-state index is 12.2. The summed E-state index contributed by atoms with van der Waals surface area (Å²) in [5.41, 5.74) is 0. The third-order valence-electron chi connectivity index (χ3n) is 4.14. The molecule has 18 heavy (non-hydrogen) atoms. The normalized spacial score (nSPS) is 26.1. The zero-order valence-corrected chi connectivity index (χ0v) is 11.5. The summed E-state index contributed by atoms with van der Waals surface area (Å²) in [6.07, 6.45) is 8.44. The Kier molecular flexibility index (Phi) is 5.29. The minimum atomic E-state index is 0.141. The second-order valence-electron chi connectivity index (χ2n) is 5.69. The monoisotopic (exact) mass is 254 g/mol. The molecule has 104 valence electrons. The Morgan fingerprint density at radius 3 is 2.72 bits per heavy atom. The molecule has 4 heteroatoms. The van der Waals surface area contributed by atoms with Crippen molar-refractivity contribution in [3.63, 3.8) is 0 Å². The molecule has 4 nitrogen and oxygen atoms in total. The van der Waals surface area contributed by atoms with Gasteiger partial charge in [0, 0.05) is 32.2 Å². The van der Waals surface area contributed by atoms with Crippen molar-refractivity contribution in [1.82, 2.24) is 10.2 Å². The molecule has 0 aromatic rings. The van der Waals surface area contributed by atoms with Crippen LogP contribution in [0.15, 0.2) is 0 Å². The minimum absolute atomic E-state index is 0.141. The van der Waals surface area contributed by atoms with Crippen molar-refractivity contribution in [1.29, 1.82) is 0 Å². The molecule has 1 atom stereocenters. The molecule has 0 aromatic heterocycles. The fourth-order valence-electron chi connectivity index (χ4n) is 3.13. The number of rotatable bonds is 3. The summed E-state index contributed by atoms with van der Waals surface area (Å²) in [6.45, 7) is 2.53. The van der Waals surface area contributed by atoms with Crippen LogP contribution in [0.1, 0.15) is 44.9 Å². The van der Waals surface area contributed by atoms with Gasteiger partial charge in [-0.05, 0) is 25.7 Å². The number of urea groups is 1. The standard InChI is InChI=1S/C14H26N2O2/c1-18-11-12-6-5-9-16(10-12)14(17)15-13-7-3-2-4-8-13/h12-13H,2-11H2,1H3,(H,15,17). The van der Waals surface area contributed by atoms with E-state index in [1.165, 1.54) is 25.7 Å². The van der Waals surface area contributed by atoms with Gasteiger partial charge in [-0.15, -0.1) is 0 Å². The first-order valence-electron chi connectivity index (χ1n) is 7.34. The van der Waals surface area contributed by atoms with Crippen LogP contribution in [0.25, 0.3) is 0 Å². The number of nitrogens with one attached hydrogen (secondary N) is 1. The summed E-state index contributed by atoms with van der Waals surface area (Å²) in [7, 11) is 1.74. The van der Waals surface area contributed by atoms with E-state index >= 15 is 0 Å². The Morgan fingerprint density at radius 2 is 2.00 bits per heavy atom. The first-order chi connectivity index (χ1) is 8.79. The SMILES string of the molecule is COCC1CCCN(C(=O)NC2CCCCC2)C1. The van der Waals surface area contributed by atoms with E-state index < -0.39 is 0 Å². The highest BCUT2D eigenvalue weighted by Gasteiger charge is 2.25. The lowest BCUT2D eigenvalue weighted by atomic mass is 9.95. The van der Waals surface area contributed by atoms with Crippen LogP contribution in [-0.4, -0.2) is 43.8 Å². The number of piperidine rings is 1. The second kappa shape index (κ2) is 6.98. The van der Waals surface area contributed by atoms with Crippen LogP contribution in [0.4, 0.5) is 4.79 Å². The quantitative estimate of drug-likeness (QED) is 0.840. The number of amides is 2. The number of carbonyl (C=O) groups excluding carboxylic acids is 1. The first-order valence-corrected chi connectivity index (χ1v) is 7.34. The highest BCUT2D eigenvalue weighted by Crippen LogP contribution is 2.19. The molecular weight excluding hydrogens is 228 g/mol. The predicted octanol–water partition coefficient (Wildman–Crippen LogP) is 2.39. The Bertz CT molecular complexity index is 263. The maximum Gasteiger partial charge on any atom is 0.317 e. The predicted molar refractivity (Wildman–Crippen MR) is 71.6 cm³/mol. The van der Waals surface area contributed by atoms with Crippen LogP contribution in [0.2, 0.25) is 0 Å². The lowest BCUT2D eigenvalue weighted by molar-refractivity contribution is 0.0990. The topological polar surface area (TPSA) is 41.6 Å². The highest BCUT2D eigenvalue weighted by molar-refractivity contribution is 5.74. The summed E-state index contributed by atoms with van der Waals surface area (Å²) in [6, 6.07) is 0.553. The number of nitrogens with zero attached hydrogens (tertiary/aromatic N) is 1. The van der Waals surface area contributed by atoms with Crippen molar-refractivity contribution in [2.24, 2.45) is 5.92 Å². The Morgan fingerprint density at radius 1 is 1.22 bits per heavy atom. The molecule has 0 radical (unpaired) electrons. The van der Waals surface area contributed by atoms with Crippen molar-refractivity contribution in [3.05, 3.63) is 0 Å². The van der Waals surface area contributed by atoms with Crippen LogP contribution in [0, 0.1) is 5.92 Å². The summed E-state index contributed by atoms with van der Waals surface area (Å²) >= 11 is 0. The van der Waals surface area contributed by atoms with Gasteiger partial charge >= 0.3 is 6.03 Å². The molecule has 1 heterocycles. The second-order valence-corrected chi connectivity index (χ2v) is 5.69. The molecule has 0 aromatic carbocycles. The summed E-state index contributed by atoms with van der Waals surface area (Å²) in [5, 5.41) is 3.20. The first kappa shape index (κ1) is 13.7. The molecular formula is C14H26N2O2. The zero-order chi connectivity index (χ0) is 12.8. The van der Waals surface area contributed by atoms with Crippen LogP contribution in [0.5, 0.6) is 0 Å². The molecule has 1 aliphatic carbocycles. The molecule has 0 bridgehead atoms. The van der Waals surface area contributed by atoms with E-state index in [0.29, 0.717) is 12.0 Å². The average Bonchev–Trinajstić information content (AvgIpc) is 2.40. The lowest BCUT2D eigenvalue weighted by Crippen LogP contribution is -2.49. The van der Waals surface area contributed by atoms with Crippen LogP contribution < -0.4 is 5.32 Å². The summed E-state index contributed by atoms with van der Waals surface area (Å²) in [4.78, 5) is 14.2. The molecule has 1 saturated carbocycles. The van der Waals surface area contributed by atoms with Gasteiger partial charge < -0.3 is 15.0 Å². The third kappa shape index (κ3) is 3.87. The minimum Gasteiger partial charge on any atom is -0.384 e. The molecule has 1 N–H and O–H groups in total. The van der Waals surface area contributed by atoms with Gasteiger partial charge in [-0.3, -0.25) is 0 Å². The van der Waals surface area contributed by atoms with Crippen LogP contribution in [0.3, 0.4) is 0 Å². The molecule has 0 spiro atoms. The number of hydrogen-bond donors (Lipinski definition) is 1. The van der Waals surface area contributed by atoms with Gasteiger partial charge in [0.1, 0.15) is 0 Å². The van der Waals surface area contributed by atoms with Crippen molar-refractivity contribution in [2.75, 3.05) is 26.8 Å². The number of hydrogen-bond acceptors (Lipinski definition) is 2. The Labute approximate surface area is 110 Å². The Hall–Kier alpha value is -0.770. The van der Waals surface area contributed by atoms with Gasteiger partial charge in [-0.1, -0.05) is 19.3 Å². The smallest absolute Gasteiger partial charge is 0.317 e. The number of methoxy groups -OCH3 is 1. The molecule has 2 rings (SSSR count). The fourth-order valence-corrected chi connectivity index (χ4v) is 3.13. The van der Waals surface area contributed by atoms with Crippen molar-refractivity contribution < 1.29 is 9.53 Å². The van der Waals surface area contributed by atoms with E-state index in [4.69, 9.17) is 4.74 Å². The molecule has 2 fully saturated rings. The van der Waals surface area contributed by atoms with E-state index in [1.807, 2.05) is 4.90 Å². The van der Waals surface area contributed by atoms with Gasteiger partial charge in [0.25, 0.3) is 0 Å². The highest BCUT2D eigenvalue weighted by atomic mass is 16.5. The number of ether oxygens (including phenoxy) is 1. The fraction of sp³-hybridized carbons (Fsp3) is 0.929. The van der Waals surface area contributed by atoms with E-state index in [2.05, 4.69) is 5.32 Å². The third-order valence-corrected chi connectivity index (χ3v) is 4.14. The van der Waals surface area contributed by atoms with Gasteiger partial charge in [-0.25, -0.2) is 4.79 Å². The molecule has 2 aliphatic rings. The molecule has 2 amide bonds. The summed E-state index contributed by atoms with van der Waals surface area (Å²) in [5.74, 6) is 0.515.